The molecule has 1 aliphatic rings. The Morgan fingerprint density at radius 1 is 1.52 bits per heavy atom. The highest BCUT2D eigenvalue weighted by Crippen LogP contribution is 2.26. The van der Waals surface area contributed by atoms with E-state index in [0.29, 0.717) is 12.5 Å². The second-order valence-corrected chi connectivity index (χ2v) is 5.10. The molecule has 8 heteroatoms. The fourth-order valence-electron chi connectivity index (χ4n) is 2.44. The lowest BCUT2D eigenvalue weighted by Crippen LogP contribution is -2.19. The number of rotatable bonds is 5. The number of oxime groups is 1. The molecule has 0 spiro atoms. The van der Waals surface area contributed by atoms with Gasteiger partial charge in [0.2, 0.25) is 5.88 Å². The van der Waals surface area contributed by atoms with Gasteiger partial charge in [0.25, 0.3) is 5.69 Å². The summed E-state index contributed by atoms with van der Waals surface area (Å²) in [6, 6.07) is 1.19. The van der Waals surface area contributed by atoms with E-state index < -0.39 is 4.92 Å². The average Bonchev–Trinajstić information content (AvgIpc) is 2.52. The zero-order valence-electron chi connectivity index (χ0n) is 11.6. The molecule has 2 rings (SSSR count). The molecule has 3 N–H and O–H groups in total. The third kappa shape index (κ3) is 3.80. The maximum absolute atomic E-state index is 10.8. The van der Waals surface area contributed by atoms with E-state index in [4.69, 9.17) is 15.7 Å². The largest absolute Gasteiger partial charge is 0.477 e. The lowest BCUT2D eigenvalue weighted by Gasteiger charge is -2.21. The average molecular weight is 294 g/mol. The first-order chi connectivity index (χ1) is 10.1. The molecular weight excluding hydrogens is 276 g/mol. The Hall–Kier alpha value is -2.38. The van der Waals surface area contributed by atoms with Crippen LogP contribution in [0.4, 0.5) is 5.69 Å². The van der Waals surface area contributed by atoms with Gasteiger partial charge in [-0.1, -0.05) is 24.4 Å². The highest BCUT2D eigenvalue weighted by Gasteiger charge is 2.19. The van der Waals surface area contributed by atoms with Crippen molar-refractivity contribution in [2.45, 2.75) is 32.1 Å². The van der Waals surface area contributed by atoms with Crippen LogP contribution in [-0.2, 0) is 0 Å². The van der Waals surface area contributed by atoms with Gasteiger partial charge in [-0.25, -0.2) is 4.98 Å². The molecule has 0 radical (unpaired) electrons. The molecule has 1 heterocycles. The van der Waals surface area contributed by atoms with Crippen LogP contribution in [0.25, 0.3) is 0 Å². The van der Waals surface area contributed by atoms with Crippen LogP contribution in [0.15, 0.2) is 17.4 Å². The number of nitrogens with zero attached hydrogens (tertiary/aromatic N) is 3. The highest BCUT2D eigenvalue weighted by atomic mass is 16.6. The number of hydrogen-bond acceptors (Lipinski definition) is 6. The number of ether oxygens (including phenoxy) is 1. The summed E-state index contributed by atoms with van der Waals surface area (Å²) in [6.45, 7) is 0.483. The van der Waals surface area contributed by atoms with Gasteiger partial charge in [-0.3, -0.25) is 10.1 Å². The van der Waals surface area contributed by atoms with Gasteiger partial charge in [0.15, 0.2) is 5.84 Å². The van der Waals surface area contributed by atoms with Crippen LogP contribution in [0, 0.1) is 16.0 Å². The summed E-state index contributed by atoms with van der Waals surface area (Å²) >= 11 is 0. The van der Waals surface area contributed by atoms with Crippen molar-refractivity contribution in [3.8, 4) is 5.88 Å². The fraction of sp³-hybridized carbons (Fsp3) is 0.538. The predicted octanol–water partition coefficient (Wildman–Crippen LogP) is 2.04. The van der Waals surface area contributed by atoms with Gasteiger partial charge >= 0.3 is 0 Å². The van der Waals surface area contributed by atoms with Crippen molar-refractivity contribution in [1.29, 1.82) is 0 Å². The quantitative estimate of drug-likeness (QED) is 0.281. The molecule has 0 aliphatic heterocycles. The molecular formula is C13H18N4O4. The molecule has 0 saturated heterocycles. The van der Waals surface area contributed by atoms with Crippen molar-refractivity contribution in [2.24, 2.45) is 16.8 Å². The Kier molecular flexibility index (Phi) is 4.91. The standard InChI is InChI=1S/C13H18N4O4/c14-12(16-18)11-6-10(17(19)20)7-15-13(11)21-8-9-4-2-1-3-5-9/h6-7,9,18H,1-5,8H2,(H2,14,16). The van der Waals surface area contributed by atoms with Gasteiger partial charge < -0.3 is 15.7 Å². The second kappa shape index (κ2) is 6.87. The van der Waals surface area contributed by atoms with Crippen molar-refractivity contribution in [3.63, 3.8) is 0 Å². The Morgan fingerprint density at radius 2 is 2.24 bits per heavy atom. The van der Waals surface area contributed by atoms with Crippen molar-refractivity contribution >= 4 is 11.5 Å². The number of nitrogens with two attached hydrogens (primary N) is 1. The minimum absolute atomic E-state index is 0.127. The van der Waals surface area contributed by atoms with Crippen molar-refractivity contribution in [3.05, 3.63) is 27.9 Å². The van der Waals surface area contributed by atoms with Crippen LogP contribution >= 0.6 is 0 Å². The first-order valence-corrected chi connectivity index (χ1v) is 6.87. The highest BCUT2D eigenvalue weighted by molar-refractivity contribution is 5.99. The minimum Gasteiger partial charge on any atom is -0.477 e. The van der Waals surface area contributed by atoms with Gasteiger partial charge in [0, 0.05) is 6.07 Å². The molecule has 0 amide bonds. The van der Waals surface area contributed by atoms with E-state index in [1.807, 2.05) is 0 Å². The maximum Gasteiger partial charge on any atom is 0.288 e. The van der Waals surface area contributed by atoms with E-state index in [1.54, 1.807) is 0 Å². The Morgan fingerprint density at radius 3 is 2.86 bits per heavy atom. The summed E-state index contributed by atoms with van der Waals surface area (Å²) in [4.78, 5) is 14.1. The molecule has 21 heavy (non-hydrogen) atoms. The first-order valence-electron chi connectivity index (χ1n) is 6.87. The normalized spacial score (nSPS) is 16.7. The van der Waals surface area contributed by atoms with Crippen LogP contribution in [0.3, 0.4) is 0 Å². The lowest BCUT2D eigenvalue weighted by molar-refractivity contribution is -0.385. The van der Waals surface area contributed by atoms with Gasteiger partial charge in [-0.15, -0.1) is 0 Å². The third-order valence-electron chi connectivity index (χ3n) is 3.61. The van der Waals surface area contributed by atoms with E-state index >= 15 is 0 Å². The van der Waals surface area contributed by atoms with E-state index in [0.717, 1.165) is 19.0 Å². The van der Waals surface area contributed by atoms with Crippen LogP contribution < -0.4 is 10.5 Å². The van der Waals surface area contributed by atoms with Gasteiger partial charge in [-0.2, -0.15) is 0 Å². The Labute approximate surface area is 121 Å². The fourth-order valence-corrected chi connectivity index (χ4v) is 2.44. The predicted molar refractivity (Wildman–Crippen MR) is 75.5 cm³/mol. The molecule has 1 fully saturated rings. The van der Waals surface area contributed by atoms with Crippen molar-refractivity contribution in [2.75, 3.05) is 6.61 Å². The molecule has 0 unspecified atom stereocenters. The molecule has 1 aromatic rings. The summed E-state index contributed by atoms with van der Waals surface area (Å²) in [6.07, 6.45) is 6.94. The molecule has 8 nitrogen and oxygen atoms in total. The van der Waals surface area contributed by atoms with Crippen LogP contribution in [0.1, 0.15) is 37.7 Å². The van der Waals surface area contributed by atoms with Crippen molar-refractivity contribution < 1.29 is 14.9 Å². The number of pyridine rings is 1. The van der Waals surface area contributed by atoms with E-state index in [2.05, 4.69) is 10.1 Å². The molecule has 1 saturated carbocycles. The van der Waals surface area contributed by atoms with Crippen LogP contribution in [0.2, 0.25) is 0 Å². The number of nitro groups is 1. The van der Waals surface area contributed by atoms with Crippen LogP contribution in [-0.4, -0.2) is 27.6 Å². The van der Waals surface area contributed by atoms with E-state index in [-0.39, 0.29) is 23.0 Å². The molecule has 114 valence electrons. The second-order valence-electron chi connectivity index (χ2n) is 5.10. The minimum atomic E-state index is -0.591. The maximum atomic E-state index is 10.8. The molecule has 0 bridgehead atoms. The number of aromatic nitrogens is 1. The molecule has 0 aromatic carbocycles. The summed E-state index contributed by atoms with van der Waals surface area (Å²) in [7, 11) is 0. The number of amidine groups is 1. The zero-order chi connectivity index (χ0) is 15.2. The Bertz CT molecular complexity index is 541. The summed E-state index contributed by atoms with van der Waals surface area (Å²) in [5.74, 6) is 0.349. The SMILES string of the molecule is NC(=NO)c1cc([N+](=O)[O-])cnc1OCC1CCCCC1. The topological polar surface area (TPSA) is 124 Å². The zero-order valence-corrected chi connectivity index (χ0v) is 11.6. The van der Waals surface area contributed by atoms with Gasteiger partial charge in [0.1, 0.15) is 6.20 Å². The van der Waals surface area contributed by atoms with E-state index in [9.17, 15) is 10.1 Å². The summed E-state index contributed by atoms with van der Waals surface area (Å²) < 4.78 is 5.63. The number of hydrogen-bond donors (Lipinski definition) is 2. The van der Waals surface area contributed by atoms with Crippen molar-refractivity contribution in [1.82, 2.24) is 4.98 Å². The van der Waals surface area contributed by atoms with E-state index in [1.165, 1.54) is 25.3 Å². The lowest BCUT2D eigenvalue weighted by atomic mass is 9.90. The smallest absolute Gasteiger partial charge is 0.288 e. The molecule has 1 aliphatic carbocycles. The monoisotopic (exact) mass is 294 g/mol. The third-order valence-corrected chi connectivity index (χ3v) is 3.61. The van der Waals surface area contributed by atoms with Gasteiger partial charge in [0.05, 0.1) is 17.1 Å². The Balaban J connectivity index is 2.15. The van der Waals surface area contributed by atoms with Gasteiger partial charge in [-0.05, 0) is 18.8 Å². The summed E-state index contributed by atoms with van der Waals surface area (Å²) in [5, 5.41) is 22.4. The molecule has 1 aromatic heterocycles. The first kappa shape index (κ1) is 15.0. The molecule has 0 atom stereocenters. The van der Waals surface area contributed by atoms with Crippen LogP contribution in [0.5, 0.6) is 5.88 Å². The summed E-state index contributed by atoms with van der Waals surface area (Å²) in [5.41, 5.74) is 5.42.